The van der Waals surface area contributed by atoms with Crippen molar-refractivity contribution in [1.82, 2.24) is 15.2 Å². The minimum Gasteiger partial charge on any atom is -0.444 e. The topological polar surface area (TPSA) is 71.5 Å². The fraction of sp³-hybridized carbons (Fsp3) is 0.435. The first kappa shape index (κ1) is 22.4. The Kier molecular flexibility index (Phi) is 7.76. The Bertz CT molecular complexity index is 798. The fourth-order valence-electron chi connectivity index (χ4n) is 2.84. The van der Waals surface area contributed by atoms with Crippen LogP contribution in [0.2, 0.25) is 0 Å². The Morgan fingerprint density at radius 3 is 2.24 bits per heavy atom. The first-order valence-corrected chi connectivity index (χ1v) is 9.93. The number of ether oxygens (including phenoxy) is 1. The molecule has 2 amide bonds. The standard InChI is InChI=1S/C23H31N3O3/c1-6-18-9-11-19(12-10-18)15-26(16-20-8-7-13-24-14-20)21(27)17(2)25-22(28)29-23(3,4)5/h7-14,17H,6,15-16H2,1-5H3,(H,25,28). The smallest absolute Gasteiger partial charge is 0.408 e. The summed E-state index contributed by atoms with van der Waals surface area (Å²) < 4.78 is 5.27. The van der Waals surface area contributed by atoms with E-state index in [0.29, 0.717) is 13.1 Å². The molecule has 0 spiro atoms. The van der Waals surface area contributed by atoms with E-state index in [1.54, 1.807) is 45.0 Å². The number of rotatable bonds is 7. The van der Waals surface area contributed by atoms with E-state index in [2.05, 4.69) is 29.4 Å². The van der Waals surface area contributed by atoms with E-state index in [-0.39, 0.29) is 5.91 Å². The van der Waals surface area contributed by atoms with Crippen molar-refractivity contribution in [1.29, 1.82) is 0 Å². The zero-order chi connectivity index (χ0) is 21.4. The lowest BCUT2D eigenvalue weighted by Gasteiger charge is -2.27. The van der Waals surface area contributed by atoms with E-state index in [0.717, 1.165) is 17.5 Å². The summed E-state index contributed by atoms with van der Waals surface area (Å²) >= 11 is 0. The van der Waals surface area contributed by atoms with Crippen molar-refractivity contribution in [3.63, 3.8) is 0 Å². The van der Waals surface area contributed by atoms with Crippen molar-refractivity contribution in [3.05, 3.63) is 65.5 Å². The maximum atomic E-state index is 13.1. The van der Waals surface area contributed by atoms with Crippen molar-refractivity contribution in [2.75, 3.05) is 0 Å². The van der Waals surface area contributed by atoms with Gasteiger partial charge in [-0.2, -0.15) is 0 Å². The Balaban J connectivity index is 2.14. The van der Waals surface area contributed by atoms with Gasteiger partial charge in [0.15, 0.2) is 0 Å². The van der Waals surface area contributed by atoms with Crippen LogP contribution in [0.1, 0.15) is 51.3 Å². The number of carbonyl (C=O) groups is 2. The number of hydrogen-bond donors (Lipinski definition) is 1. The fourth-order valence-corrected chi connectivity index (χ4v) is 2.84. The summed E-state index contributed by atoms with van der Waals surface area (Å²) in [5.41, 5.74) is 2.58. The molecule has 2 aromatic rings. The predicted octanol–water partition coefficient (Wildman–Crippen LogP) is 4.09. The zero-order valence-electron chi connectivity index (χ0n) is 17.9. The van der Waals surface area contributed by atoms with Crippen LogP contribution in [0.25, 0.3) is 0 Å². The van der Waals surface area contributed by atoms with Gasteiger partial charge in [-0.05, 0) is 56.9 Å². The molecule has 0 aliphatic rings. The minimum absolute atomic E-state index is 0.181. The number of carbonyl (C=O) groups excluding carboxylic acids is 2. The number of aromatic nitrogens is 1. The number of aryl methyl sites for hydroxylation is 1. The molecule has 6 nitrogen and oxygen atoms in total. The predicted molar refractivity (Wildman–Crippen MR) is 113 cm³/mol. The Hall–Kier alpha value is -2.89. The van der Waals surface area contributed by atoms with Gasteiger partial charge in [0.2, 0.25) is 5.91 Å². The monoisotopic (exact) mass is 397 g/mol. The third-order valence-electron chi connectivity index (χ3n) is 4.32. The number of pyridine rings is 1. The molecule has 1 heterocycles. The molecular formula is C23H31N3O3. The summed E-state index contributed by atoms with van der Waals surface area (Å²) in [6.45, 7) is 9.98. The Labute approximate surface area is 173 Å². The maximum absolute atomic E-state index is 13.1. The molecule has 0 radical (unpaired) electrons. The van der Waals surface area contributed by atoms with Gasteiger partial charge in [-0.3, -0.25) is 9.78 Å². The highest BCUT2D eigenvalue weighted by Gasteiger charge is 2.25. The lowest BCUT2D eigenvalue weighted by atomic mass is 10.1. The van der Waals surface area contributed by atoms with Crippen LogP contribution in [0.3, 0.4) is 0 Å². The average molecular weight is 398 g/mol. The van der Waals surface area contributed by atoms with Crippen molar-refractivity contribution < 1.29 is 14.3 Å². The van der Waals surface area contributed by atoms with Crippen LogP contribution < -0.4 is 5.32 Å². The summed E-state index contributed by atoms with van der Waals surface area (Å²) in [4.78, 5) is 31.0. The normalized spacial score (nSPS) is 12.2. The van der Waals surface area contributed by atoms with Gasteiger partial charge in [0, 0.05) is 25.5 Å². The number of alkyl carbamates (subject to hydrolysis) is 1. The highest BCUT2D eigenvalue weighted by molar-refractivity contribution is 5.85. The molecule has 156 valence electrons. The van der Waals surface area contributed by atoms with E-state index in [1.165, 1.54) is 5.56 Å². The molecule has 1 atom stereocenters. The van der Waals surface area contributed by atoms with Crippen molar-refractivity contribution in [2.45, 2.75) is 65.8 Å². The molecule has 6 heteroatoms. The molecule has 0 aliphatic carbocycles. The van der Waals surface area contributed by atoms with Gasteiger partial charge in [-0.25, -0.2) is 4.79 Å². The van der Waals surface area contributed by atoms with Gasteiger partial charge in [0.25, 0.3) is 0 Å². The molecule has 2 rings (SSSR count). The molecule has 1 N–H and O–H groups in total. The first-order valence-electron chi connectivity index (χ1n) is 9.93. The number of hydrogen-bond acceptors (Lipinski definition) is 4. The number of amides is 2. The first-order chi connectivity index (χ1) is 13.7. The summed E-state index contributed by atoms with van der Waals surface area (Å²) in [7, 11) is 0. The van der Waals surface area contributed by atoms with Gasteiger partial charge in [-0.15, -0.1) is 0 Å². The van der Waals surface area contributed by atoms with E-state index in [9.17, 15) is 9.59 Å². The summed E-state index contributed by atoms with van der Waals surface area (Å²) in [6.07, 6.45) is 3.81. The molecular weight excluding hydrogens is 366 g/mol. The third kappa shape index (κ3) is 7.56. The summed E-state index contributed by atoms with van der Waals surface area (Å²) in [5.74, 6) is -0.181. The van der Waals surface area contributed by atoms with E-state index in [4.69, 9.17) is 4.74 Å². The lowest BCUT2D eigenvalue weighted by Crippen LogP contribution is -2.47. The van der Waals surface area contributed by atoms with Gasteiger partial charge >= 0.3 is 6.09 Å². The Morgan fingerprint density at radius 1 is 1.07 bits per heavy atom. The highest BCUT2D eigenvalue weighted by atomic mass is 16.6. The SMILES string of the molecule is CCc1ccc(CN(Cc2cccnc2)C(=O)C(C)NC(=O)OC(C)(C)C)cc1. The third-order valence-corrected chi connectivity index (χ3v) is 4.32. The highest BCUT2D eigenvalue weighted by Crippen LogP contribution is 2.13. The van der Waals surface area contributed by atoms with Crippen LogP contribution in [0.15, 0.2) is 48.8 Å². The van der Waals surface area contributed by atoms with E-state index >= 15 is 0 Å². The maximum Gasteiger partial charge on any atom is 0.408 e. The van der Waals surface area contributed by atoms with Gasteiger partial charge in [0.05, 0.1) is 0 Å². The van der Waals surface area contributed by atoms with Crippen LogP contribution in [-0.4, -0.2) is 33.5 Å². The zero-order valence-corrected chi connectivity index (χ0v) is 17.9. The second-order valence-electron chi connectivity index (χ2n) is 8.09. The molecule has 1 aromatic heterocycles. The molecule has 0 fully saturated rings. The molecule has 0 aliphatic heterocycles. The van der Waals surface area contributed by atoms with Crippen molar-refractivity contribution >= 4 is 12.0 Å². The van der Waals surface area contributed by atoms with Gasteiger partial charge in [-0.1, -0.05) is 37.3 Å². The molecule has 1 unspecified atom stereocenters. The van der Waals surface area contributed by atoms with Crippen LogP contribution >= 0.6 is 0 Å². The number of nitrogens with zero attached hydrogens (tertiary/aromatic N) is 2. The second kappa shape index (κ2) is 10.0. The van der Waals surface area contributed by atoms with Gasteiger partial charge in [0.1, 0.15) is 11.6 Å². The summed E-state index contributed by atoms with van der Waals surface area (Å²) in [6, 6.07) is 11.3. The Morgan fingerprint density at radius 2 is 1.69 bits per heavy atom. The van der Waals surface area contributed by atoms with E-state index in [1.807, 2.05) is 24.3 Å². The van der Waals surface area contributed by atoms with Crippen LogP contribution in [0.4, 0.5) is 4.79 Å². The largest absolute Gasteiger partial charge is 0.444 e. The summed E-state index contributed by atoms with van der Waals surface area (Å²) in [5, 5.41) is 2.64. The van der Waals surface area contributed by atoms with Crippen LogP contribution in [-0.2, 0) is 29.0 Å². The van der Waals surface area contributed by atoms with E-state index < -0.39 is 17.7 Å². The lowest BCUT2D eigenvalue weighted by molar-refractivity contribution is -0.134. The van der Waals surface area contributed by atoms with Crippen molar-refractivity contribution in [3.8, 4) is 0 Å². The van der Waals surface area contributed by atoms with Crippen LogP contribution in [0.5, 0.6) is 0 Å². The molecule has 0 saturated carbocycles. The van der Waals surface area contributed by atoms with Gasteiger partial charge < -0.3 is 15.0 Å². The minimum atomic E-state index is -0.712. The molecule has 29 heavy (non-hydrogen) atoms. The quantitative estimate of drug-likeness (QED) is 0.764. The second-order valence-corrected chi connectivity index (χ2v) is 8.09. The number of benzene rings is 1. The number of nitrogens with one attached hydrogen (secondary N) is 1. The molecule has 0 bridgehead atoms. The molecule has 0 saturated heterocycles. The average Bonchev–Trinajstić information content (AvgIpc) is 2.66. The van der Waals surface area contributed by atoms with Crippen molar-refractivity contribution in [2.24, 2.45) is 0 Å². The van der Waals surface area contributed by atoms with Crippen LogP contribution in [0, 0.1) is 0 Å². The molecule has 1 aromatic carbocycles.